The van der Waals surface area contributed by atoms with Gasteiger partial charge in [0.2, 0.25) is 0 Å². The minimum Gasteiger partial charge on any atom is -0.397 e. The first-order chi connectivity index (χ1) is 8.49. The number of para-hydroxylation sites is 1. The van der Waals surface area contributed by atoms with Crippen molar-refractivity contribution in [3.63, 3.8) is 0 Å². The molecule has 1 aromatic carbocycles. The van der Waals surface area contributed by atoms with Crippen molar-refractivity contribution in [1.29, 1.82) is 0 Å². The maximum absolute atomic E-state index is 12.1. The Hall–Kier alpha value is -0.560. The fourth-order valence-corrected chi connectivity index (χ4v) is 4.37. The number of carbonyl (C=O) groups is 1. The number of nitrogen functional groups attached to an aromatic ring is 1. The topological polar surface area (TPSA) is 55.1 Å². The minimum absolute atomic E-state index is 0.261. The van der Waals surface area contributed by atoms with Gasteiger partial charge >= 0.3 is 0 Å². The highest BCUT2D eigenvalue weighted by molar-refractivity contribution is 9.12. The lowest BCUT2D eigenvalue weighted by Gasteiger charge is -2.09. The number of nitrogens with two attached hydrogens (primary N) is 1. The van der Waals surface area contributed by atoms with Gasteiger partial charge in [0, 0.05) is 0 Å². The van der Waals surface area contributed by atoms with E-state index in [9.17, 15) is 4.79 Å². The minimum atomic E-state index is -0.261. The molecule has 1 heterocycles. The number of nitrogens with one attached hydrogen (secondary N) is 1. The van der Waals surface area contributed by atoms with Crippen LogP contribution in [0.4, 0.5) is 11.4 Å². The predicted octanol–water partition coefficient (Wildman–Crippen LogP) is 4.76. The van der Waals surface area contributed by atoms with Crippen LogP contribution in [0.2, 0.25) is 5.02 Å². The first kappa shape index (κ1) is 13.9. The third-order valence-corrected chi connectivity index (χ3v) is 4.84. The van der Waals surface area contributed by atoms with Gasteiger partial charge in [-0.3, -0.25) is 4.79 Å². The molecule has 0 atom stereocenters. The lowest BCUT2D eigenvalue weighted by atomic mass is 10.2. The number of amides is 1. The lowest BCUT2D eigenvalue weighted by molar-refractivity contribution is 0.102. The standard InChI is InChI=1S/C11H7Br2ClN2OS/c12-8-4-5(10(13)18-8)11(17)16-9-6(14)2-1-3-7(9)15/h1-4H,15H2,(H,16,17). The first-order valence-corrected chi connectivity index (χ1v) is 7.57. The third kappa shape index (κ3) is 2.88. The second-order valence-corrected chi connectivity index (χ2v) is 7.55. The molecule has 0 saturated carbocycles. The maximum Gasteiger partial charge on any atom is 0.257 e. The van der Waals surface area contributed by atoms with Gasteiger partial charge in [0.25, 0.3) is 5.91 Å². The largest absolute Gasteiger partial charge is 0.397 e. The summed E-state index contributed by atoms with van der Waals surface area (Å²) in [5, 5.41) is 3.12. The highest BCUT2D eigenvalue weighted by Crippen LogP contribution is 2.34. The van der Waals surface area contributed by atoms with Crippen molar-refractivity contribution in [1.82, 2.24) is 0 Å². The van der Waals surface area contributed by atoms with Crippen LogP contribution in [-0.2, 0) is 0 Å². The summed E-state index contributed by atoms with van der Waals surface area (Å²) >= 11 is 14.1. The number of benzene rings is 1. The number of rotatable bonds is 2. The fourth-order valence-electron chi connectivity index (χ4n) is 1.35. The van der Waals surface area contributed by atoms with Crippen molar-refractivity contribution < 1.29 is 4.79 Å². The van der Waals surface area contributed by atoms with Gasteiger partial charge in [-0.25, -0.2) is 0 Å². The maximum atomic E-state index is 12.1. The van der Waals surface area contributed by atoms with Gasteiger partial charge in [-0.1, -0.05) is 17.7 Å². The molecule has 0 fully saturated rings. The third-order valence-electron chi connectivity index (χ3n) is 2.19. The summed E-state index contributed by atoms with van der Waals surface area (Å²) in [5.41, 5.74) is 7.17. The number of carbonyl (C=O) groups excluding carboxylic acids is 1. The van der Waals surface area contributed by atoms with Crippen LogP contribution in [-0.4, -0.2) is 5.91 Å². The van der Waals surface area contributed by atoms with Crippen LogP contribution in [0.3, 0.4) is 0 Å². The van der Waals surface area contributed by atoms with E-state index >= 15 is 0 Å². The van der Waals surface area contributed by atoms with Crippen molar-refractivity contribution in [2.75, 3.05) is 11.1 Å². The molecule has 2 aromatic rings. The predicted molar refractivity (Wildman–Crippen MR) is 83.5 cm³/mol. The SMILES string of the molecule is Nc1cccc(Cl)c1NC(=O)c1cc(Br)sc1Br. The molecule has 0 aliphatic heterocycles. The van der Waals surface area contributed by atoms with Gasteiger partial charge in [-0.05, 0) is 50.1 Å². The molecule has 1 aromatic heterocycles. The number of hydrogen-bond donors (Lipinski definition) is 2. The number of anilines is 2. The molecule has 0 bridgehead atoms. The van der Waals surface area contributed by atoms with E-state index in [1.165, 1.54) is 11.3 Å². The van der Waals surface area contributed by atoms with Crippen molar-refractivity contribution in [2.24, 2.45) is 0 Å². The molecule has 0 radical (unpaired) electrons. The Bertz CT molecular complexity index is 595. The summed E-state index contributed by atoms with van der Waals surface area (Å²) < 4.78 is 1.61. The Morgan fingerprint density at radius 2 is 2.11 bits per heavy atom. The molecule has 7 heteroatoms. The Balaban J connectivity index is 2.30. The zero-order valence-electron chi connectivity index (χ0n) is 8.84. The van der Waals surface area contributed by atoms with E-state index in [2.05, 4.69) is 37.2 Å². The van der Waals surface area contributed by atoms with Gasteiger partial charge in [-0.2, -0.15) is 0 Å². The van der Waals surface area contributed by atoms with Crippen molar-refractivity contribution in [3.8, 4) is 0 Å². The summed E-state index contributed by atoms with van der Waals surface area (Å²) in [6, 6.07) is 6.81. The average Bonchev–Trinajstić information content (AvgIpc) is 2.63. The molecule has 94 valence electrons. The molecule has 0 saturated heterocycles. The smallest absolute Gasteiger partial charge is 0.257 e. The van der Waals surface area contributed by atoms with Gasteiger partial charge in [0.15, 0.2) is 0 Å². The second kappa shape index (κ2) is 5.61. The van der Waals surface area contributed by atoms with Crippen molar-refractivity contribution in [3.05, 3.63) is 42.4 Å². The zero-order chi connectivity index (χ0) is 13.3. The molecular formula is C11H7Br2ClN2OS. The fraction of sp³-hybridized carbons (Fsp3) is 0. The highest BCUT2D eigenvalue weighted by Gasteiger charge is 2.16. The van der Waals surface area contributed by atoms with Crippen molar-refractivity contribution in [2.45, 2.75) is 0 Å². The van der Waals surface area contributed by atoms with E-state index < -0.39 is 0 Å². The number of thiophene rings is 1. The summed E-state index contributed by atoms with van der Waals surface area (Å²) in [5.74, 6) is -0.261. The summed E-state index contributed by atoms with van der Waals surface area (Å²) in [6.07, 6.45) is 0. The molecule has 18 heavy (non-hydrogen) atoms. The van der Waals surface area contributed by atoms with E-state index in [-0.39, 0.29) is 5.91 Å². The van der Waals surface area contributed by atoms with Crippen molar-refractivity contribution >= 4 is 72.1 Å². The van der Waals surface area contributed by atoms with E-state index in [0.717, 1.165) is 7.57 Å². The van der Waals surface area contributed by atoms with Crippen LogP contribution in [0.1, 0.15) is 10.4 Å². The van der Waals surface area contributed by atoms with Crippen LogP contribution in [0.5, 0.6) is 0 Å². The van der Waals surface area contributed by atoms with Gasteiger partial charge in [-0.15, -0.1) is 11.3 Å². The number of hydrogen-bond acceptors (Lipinski definition) is 3. The van der Waals surface area contributed by atoms with Crippen LogP contribution < -0.4 is 11.1 Å². The second-order valence-electron chi connectivity index (χ2n) is 3.40. The molecule has 3 N–H and O–H groups in total. The Morgan fingerprint density at radius 1 is 1.39 bits per heavy atom. The molecule has 2 rings (SSSR count). The molecular weight excluding hydrogens is 403 g/mol. The molecule has 1 amide bonds. The van der Waals surface area contributed by atoms with Crippen LogP contribution >= 0.6 is 54.8 Å². The quantitative estimate of drug-likeness (QED) is 0.702. The summed E-state index contributed by atoms with van der Waals surface area (Å²) in [6.45, 7) is 0. The van der Waals surface area contributed by atoms with E-state index in [1.54, 1.807) is 24.3 Å². The Labute approximate surface area is 130 Å². The number of halogens is 3. The molecule has 0 spiro atoms. The van der Waals surface area contributed by atoms with E-state index in [0.29, 0.717) is 22.0 Å². The van der Waals surface area contributed by atoms with Crippen LogP contribution in [0, 0.1) is 0 Å². The summed E-state index contributed by atoms with van der Waals surface area (Å²) in [7, 11) is 0. The van der Waals surface area contributed by atoms with Gasteiger partial charge < -0.3 is 11.1 Å². The molecule has 0 unspecified atom stereocenters. The summed E-state index contributed by atoms with van der Waals surface area (Å²) in [4.78, 5) is 12.1. The Kier molecular flexibility index (Phi) is 4.32. The monoisotopic (exact) mass is 408 g/mol. The van der Waals surface area contributed by atoms with E-state index in [1.807, 2.05) is 0 Å². The normalized spacial score (nSPS) is 10.4. The average molecular weight is 411 g/mol. The van der Waals surface area contributed by atoms with Gasteiger partial charge in [0.1, 0.15) is 0 Å². The zero-order valence-corrected chi connectivity index (χ0v) is 13.6. The highest BCUT2D eigenvalue weighted by atomic mass is 79.9. The van der Waals surface area contributed by atoms with E-state index in [4.69, 9.17) is 17.3 Å². The van der Waals surface area contributed by atoms with Crippen LogP contribution in [0.25, 0.3) is 0 Å². The van der Waals surface area contributed by atoms with Crippen LogP contribution in [0.15, 0.2) is 31.8 Å². The Morgan fingerprint density at radius 3 is 2.67 bits per heavy atom. The molecule has 0 aliphatic carbocycles. The molecule has 0 aliphatic rings. The first-order valence-electron chi connectivity index (χ1n) is 4.79. The molecule has 3 nitrogen and oxygen atoms in total. The lowest BCUT2D eigenvalue weighted by Crippen LogP contribution is -2.13. The van der Waals surface area contributed by atoms with Gasteiger partial charge in [0.05, 0.1) is 29.5 Å².